The fraction of sp³-hybridized carbons (Fsp3) is 0.667. The predicted octanol–water partition coefficient (Wildman–Crippen LogP) is -0.682. The Hall–Kier alpha value is -2.17. The Bertz CT molecular complexity index is 600. The van der Waals surface area contributed by atoms with Crippen molar-refractivity contribution < 1.29 is 22.8 Å². The van der Waals surface area contributed by atoms with Crippen molar-refractivity contribution >= 4 is 11.8 Å². The molecule has 23 heavy (non-hydrogen) atoms. The van der Waals surface area contributed by atoms with Crippen LogP contribution in [0.1, 0.15) is 24.5 Å². The van der Waals surface area contributed by atoms with Gasteiger partial charge >= 0.3 is 6.18 Å². The van der Waals surface area contributed by atoms with E-state index >= 15 is 0 Å². The lowest BCUT2D eigenvalue weighted by atomic mass is 10.1. The molecule has 1 aromatic heterocycles. The summed E-state index contributed by atoms with van der Waals surface area (Å²) in [5.74, 6) is -0.829. The van der Waals surface area contributed by atoms with Crippen LogP contribution in [0.15, 0.2) is 0 Å². The standard InChI is InChI=1S/C12H17F3N6O2/c13-12(14,15)5-9-18-19-10-6-20(3-4-21(9)10)11(23)7(16)1-2-8(17)22/h7H,1-6,16H2,(H2,17,22)/t7-/m0/s1. The first-order valence-corrected chi connectivity index (χ1v) is 6.98. The van der Waals surface area contributed by atoms with Crippen LogP contribution in [0.5, 0.6) is 0 Å². The Morgan fingerprint density at radius 1 is 1.26 bits per heavy atom. The molecular formula is C12H17F3N6O2. The highest BCUT2D eigenvalue weighted by Crippen LogP contribution is 2.22. The third-order valence-electron chi connectivity index (χ3n) is 3.52. The molecule has 128 valence electrons. The van der Waals surface area contributed by atoms with Gasteiger partial charge in [-0.3, -0.25) is 9.59 Å². The summed E-state index contributed by atoms with van der Waals surface area (Å²) < 4.78 is 38.7. The number of hydrogen-bond donors (Lipinski definition) is 2. The zero-order valence-corrected chi connectivity index (χ0v) is 12.2. The van der Waals surface area contributed by atoms with Gasteiger partial charge in [-0.1, -0.05) is 0 Å². The Morgan fingerprint density at radius 3 is 2.57 bits per heavy atom. The van der Waals surface area contributed by atoms with E-state index < -0.39 is 30.5 Å². The number of nitrogens with zero attached hydrogens (tertiary/aromatic N) is 4. The van der Waals surface area contributed by atoms with Crippen LogP contribution in [0.2, 0.25) is 0 Å². The van der Waals surface area contributed by atoms with Crippen LogP contribution in [0, 0.1) is 0 Å². The maximum Gasteiger partial charge on any atom is 0.396 e. The van der Waals surface area contributed by atoms with E-state index in [2.05, 4.69) is 10.2 Å². The molecule has 4 N–H and O–H groups in total. The van der Waals surface area contributed by atoms with Gasteiger partial charge in [0.2, 0.25) is 11.8 Å². The third kappa shape index (κ3) is 4.41. The number of primary amides is 1. The molecule has 1 atom stereocenters. The van der Waals surface area contributed by atoms with Crippen molar-refractivity contribution in [3.8, 4) is 0 Å². The van der Waals surface area contributed by atoms with E-state index in [0.29, 0.717) is 0 Å². The Balaban J connectivity index is 2.01. The average molecular weight is 334 g/mol. The van der Waals surface area contributed by atoms with E-state index in [1.54, 1.807) is 0 Å². The molecule has 0 saturated heterocycles. The quantitative estimate of drug-likeness (QED) is 0.739. The first-order valence-electron chi connectivity index (χ1n) is 6.98. The van der Waals surface area contributed by atoms with E-state index in [1.165, 1.54) is 9.47 Å². The molecule has 1 aliphatic heterocycles. The molecule has 2 amide bonds. The highest BCUT2D eigenvalue weighted by Gasteiger charge is 2.33. The van der Waals surface area contributed by atoms with E-state index in [4.69, 9.17) is 11.5 Å². The monoisotopic (exact) mass is 334 g/mol. The zero-order valence-electron chi connectivity index (χ0n) is 12.2. The molecule has 0 spiro atoms. The Labute approximate surface area is 129 Å². The molecule has 0 fully saturated rings. The second-order valence-electron chi connectivity index (χ2n) is 5.35. The van der Waals surface area contributed by atoms with Gasteiger partial charge in [-0.2, -0.15) is 13.2 Å². The number of rotatable bonds is 5. The summed E-state index contributed by atoms with van der Waals surface area (Å²) in [5.41, 5.74) is 10.7. The van der Waals surface area contributed by atoms with Crippen molar-refractivity contribution in [1.29, 1.82) is 0 Å². The lowest BCUT2D eigenvalue weighted by Gasteiger charge is -2.30. The van der Waals surface area contributed by atoms with Gasteiger partial charge in [0.1, 0.15) is 12.2 Å². The van der Waals surface area contributed by atoms with Crippen molar-refractivity contribution in [3.05, 3.63) is 11.6 Å². The summed E-state index contributed by atoms with van der Waals surface area (Å²) in [4.78, 5) is 24.3. The maximum atomic E-state index is 12.4. The van der Waals surface area contributed by atoms with Crippen molar-refractivity contribution in [2.24, 2.45) is 11.5 Å². The number of carbonyl (C=O) groups is 2. The van der Waals surface area contributed by atoms with Crippen LogP contribution >= 0.6 is 0 Å². The van der Waals surface area contributed by atoms with Crippen LogP contribution in [-0.4, -0.2) is 50.2 Å². The smallest absolute Gasteiger partial charge is 0.370 e. The largest absolute Gasteiger partial charge is 0.396 e. The van der Waals surface area contributed by atoms with Crippen molar-refractivity contribution in [2.45, 2.75) is 44.6 Å². The average Bonchev–Trinajstić information content (AvgIpc) is 2.84. The fourth-order valence-corrected chi connectivity index (χ4v) is 2.37. The topological polar surface area (TPSA) is 120 Å². The molecule has 2 rings (SSSR count). The molecule has 0 saturated carbocycles. The number of halogens is 3. The predicted molar refractivity (Wildman–Crippen MR) is 71.6 cm³/mol. The normalized spacial score (nSPS) is 16.1. The molecule has 8 nitrogen and oxygen atoms in total. The number of fused-ring (bicyclic) bond motifs is 1. The minimum atomic E-state index is -4.37. The number of carbonyl (C=O) groups excluding carboxylic acids is 2. The molecule has 11 heteroatoms. The minimum Gasteiger partial charge on any atom is -0.370 e. The van der Waals surface area contributed by atoms with Crippen LogP contribution in [0.4, 0.5) is 13.2 Å². The summed E-state index contributed by atoms with van der Waals surface area (Å²) in [6, 6.07) is -0.883. The number of alkyl halides is 3. The summed E-state index contributed by atoms with van der Waals surface area (Å²) >= 11 is 0. The molecule has 1 aliphatic rings. The van der Waals surface area contributed by atoms with Gasteiger partial charge in [0.05, 0.1) is 12.6 Å². The van der Waals surface area contributed by atoms with Crippen molar-refractivity contribution in [1.82, 2.24) is 19.7 Å². The maximum absolute atomic E-state index is 12.4. The summed E-state index contributed by atoms with van der Waals surface area (Å²) in [5, 5.41) is 7.26. The second kappa shape index (κ2) is 6.52. The number of amides is 2. The number of nitrogens with two attached hydrogens (primary N) is 2. The molecule has 0 radical (unpaired) electrons. The number of aromatic nitrogens is 3. The number of hydrogen-bond acceptors (Lipinski definition) is 5. The molecule has 0 aliphatic carbocycles. The SMILES string of the molecule is NC(=O)CC[C@H](N)C(=O)N1CCn2c(nnc2CC(F)(F)F)C1. The van der Waals surface area contributed by atoms with Crippen molar-refractivity contribution in [3.63, 3.8) is 0 Å². The minimum absolute atomic E-state index is 0.00728. The molecule has 0 unspecified atom stereocenters. The lowest BCUT2D eigenvalue weighted by Crippen LogP contribution is -2.47. The van der Waals surface area contributed by atoms with E-state index in [0.717, 1.165) is 0 Å². The van der Waals surface area contributed by atoms with Gasteiger partial charge in [-0.25, -0.2) is 0 Å². The van der Waals surface area contributed by atoms with Crippen LogP contribution < -0.4 is 11.5 Å². The third-order valence-corrected chi connectivity index (χ3v) is 3.52. The van der Waals surface area contributed by atoms with E-state index in [1.807, 2.05) is 0 Å². The van der Waals surface area contributed by atoms with Crippen molar-refractivity contribution in [2.75, 3.05) is 6.54 Å². The highest BCUT2D eigenvalue weighted by atomic mass is 19.4. The van der Waals surface area contributed by atoms with E-state index in [-0.39, 0.29) is 44.1 Å². The van der Waals surface area contributed by atoms with Gasteiger partial charge in [-0.15, -0.1) is 10.2 Å². The molecule has 0 aromatic carbocycles. The van der Waals surface area contributed by atoms with Gasteiger partial charge in [0.25, 0.3) is 0 Å². The first-order chi connectivity index (χ1) is 10.7. The second-order valence-corrected chi connectivity index (χ2v) is 5.35. The fourth-order valence-electron chi connectivity index (χ4n) is 2.37. The lowest BCUT2D eigenvalue weighted by molar-refractivity contribution is -0.135. The van der Waals surface area contributed by atoms with Crippen LogP contribution in [0.25, 0.3) is 0 Å². The molecule has 0 bridgehead atoms. The van der Waals surface area contributed by atoms with E-state index in [9.17, 15) is 22.8 Å². The summed E-state index contributed by atoms with van der Waals surface area (Å²) in [7, 11) is 0. The van der Waals surface area contributed by atoms with Gasteiger partial charge in [0.15, 0.2) is 5.82 Å². The molecule has 1 aromatic rings. The van der Waals surface area contributed by atoms with Gasteiger partial charge in [-0.05, 0) is 6.42 Å². The first kappa shape index (κ1) is 17.2. The highest BCUT2D eigenvalue weighted by molar-refractivity contribution is 5.82. The van der Waals surface area contributed by atoms with Crippen LogP contribution in [0.3, 0.4) is 0 Å². The Morgan fingerprint density at radius 2 is 1.96 bits per heavy atom. The zero-order chi connectivity index (χ0) is 17.2. The molecular weight excluding hydrogens is 317 g/mol. The summed E-state index contributed by atoms with van der Waals surface area (Å²) in [6.07, 6.45) is -5.41. The van der Waals surface area contributed by atoms with Gasteiger partial charge in [0, 0.05) is 19.5 Å². The van der Waals surface area contributed by atoms with Crippen LogP contribution in [-0.2, 0) is 29.1 Å². The summed E-state index contributed by atoms with van der Waals surface area (Å²) in [6.45, 7) is 0.412. The Kier molecular flexibility index (Phi) is 4.88. The van der Waals surface area contributed by atoms with Gasteiger partial charge < -0.3 is 20.9 Å². The molecule has 2 heterocycles.